The Kier molecular flexibility index (Phi) is 4.52. The summed E-state index contributed by atoms with van der Waals surface area (Å²) >= 11 is 4.83. The smallest absolute Gasteiger partial charge is 0.238 e. The first kappa shape index (κ1) is 13.7. The summed E-state index contributed by atoms with van der Waals surface area (Å²) in [5, 5.41) is 3.48. The molecular weight excluding hydrogens is 314 g/mol. The zero-order chi connectivity index (χ0) is 12.3. The van der Waals surface area contributed by atoms with Crippen molar-refractivity contribution in [1.82, 2.24) is 5.32 Å². The van der Waals surface area contributed by atoms with E-state index in [9.17, 15) is 13.2 Å². The highest BCUT2D eigenvalue weighted by Crippen LogP contribution is 2.22. The first-order valence-corrected chi connectivity index (χ1v) is 8.13. The Morgan fingerprint density at radius 1 is 1.62 bits per heavy atom. The maximum Gasteiger partial charge on any atom is 0.238 e. The molecule has 0 aliphatic carbocycles. The van der Waals surface area contributed by atoms with Gasteiger partial charge in [-0.05, 0) is 34.3 Å². The highest BCUT2D eigenvalue weighted by Gasteiger charge is 2.23. The Bertz CT molecular complexity index is 481. The van der Waals surface area contributed by atoms with Gasteiger partial charge in [0.2, 0.25) is 5.91 Å². The predicted octanol–water partition coefficient (Wildman–Crippen LogP) is 1.56. The topological polar surface area (TPSA) is 63.2 Å². The fourth-order valence-electron chi connectivity index (χ4n) is 0.957. The SMILES string of the molecule is CC(C(=O)NCc1sccc1Br)S(C)(=O)=O. The average Bonchev–Trinajstić information content (AvgIpc) is 2.58. The highest BCUT2D eigenvalue weighted by molar-refractivity contribution is 9.10. The van der Waals surface area contributed by atoms with E-state index in [1.54, 1.807) is 0 Å². The van der Waals surface area contributed by atoms with E-state index >= 15 is 0 Å². The number of hydrogen-bond acceptors (Lipinski definition) is 4. The van der Waals surface area contributed by atoms with Gasteiger partial charge in [-0.1, -0.05) is 0 Å². The number of carbonyl (C=O) groups excluding carboxylic acids is 1. The van der Waals surface area contributed by atoms with Crippen LogP contribution in [0.5, 0.6) is 0 Å². The minimum absolute atomic E-state index is 0.344. The number of sulfone groups is 1. The summed E-state index contributed by atoms with van der Waals surface area (Å²) in [7, 11) is -3.32. The molecule has 0 saturated carbocycles. The molecule has 1 amide bonds. The minimum atomic E-state index is -3.32. The van der Waals surface area contributed by atoms with Crippen LogP contribution < -0.4 is 5.32 Å². The molecule has 1 unspecified atom stereocenters. The minimum Gasteiger partial charge on any atom is -0.350 e. The van der Waals surface area contributed by atoms with Gasteiger partial charge in [0.25, 0.3) is 0 Å². The molecule has 0 aliphatic rings. The second-order valence-electron chi connectivity index (χ2n) is 3.38. The zero-order valence-corrected chi connectivity index (χ0v) is 12.1. The molecule has 1 rings (SSSR count). The quantitative estimate of drug-likeness (QED) is 0.913. The van der Waals surface area contributed by atoms with Gasteiger partial charge in [0.05, 0.1) is 6.54 Å². The number of rotatable bonds is 4. The maximum atomic E-state index is 11.5. The number of amides is 1. The lowest BCUT2D eigenvalue weighted by Gasteiger charge is -2.09. The van der Waals surface area contributed by atoms with E-state index in [2.05, 4.69) is 21.2 Å². The zero-order valence-electron chi connectivity index (χ0n) is 8.86. The molecule has 0 saturated heterocycles. The lowest BCUT2D eigenvalue weighted by molar-refractivity contribution is -0.120. The molecule has 90 valence electrons. The lowest BCUT2D eigenvalue weighted by Crippen LogP contribution is -2.36. The molecule has 7 heteroatoms. The molecule has 1 aromatic rings. The predicted molar refractivity (Wildman–Crippen MR) is 68.2 cm³/mol. The second kappa shape index (κ2) is 5.29. The van der Waals surface area contributed by atoms with E-state index in [0.29, 0.717) is 6.54 Å². The number of thiophene rings is 1. The molecule has 0 bridgehead atoms. The summed E-state index contributed by atoms with van der Waals surface area (Å²) in [6.45, 7) is 1.73. The number of nitrogens with one attached hydrogen (secondary N) is 1. The Morgan fingerprint density at radius 2 is 2.25 bits per heavy atom. The van der Waals surface area contributed by atoms with Crippen LogP contribution in [-0.2, 0) is 21.2 Å². The van der Waals surface area contributed by atoms with Gasteiger partial charge in [-0.3, -0.25) is 4.79 Å². The van der Waals surface area contributed by atoms with Crippen molar-refractivity contribution in [2.75, 3.05) is 6.26 Å². The fourth-order valence-corrected chi connectivity index (χ4v) is 2.86. The Hall–Kier alpha value is -0.400. The van der Waals surface area contributed by atoms with Crippen LogP contribution in [0.15, 0.2) is 15.9 Å². The molecule has 1 N–H and O–H groups in total. The van der Waals surface area contributed by atoms with Crippen molar-refractivity contribution in [3.05, 3.63) is 20.8 Å². The third-order valence-electron chi connectivity index (χ3n) is 2.13. The third-order valence-corrected chi connectivity index (χ3v) is 5.55. The monoisotopic (exact) mass is 325 g/mol. The van der Waals surface area contributed by atoms with E-state index in [1.165, 1.54) is 18.3 Å². The van der Waals surface area contributed by atoms with E-state index < -0.39 is 21.0 Å². The van der Waals surface area contributed by atoms with Crippen LogP contribution in [0.2, 0.25) is 0 Å². The van der Waals surface area contributed by atoms with E-state index in [1.807, 2.05) is 11.4 Å². The van der Waals surface area contributed by atoms with Gasteiger partial charge in [0, 0.05) is 15.6 Å². The van der Waals surface area contributed by atoms with Crippen molar-refractivity contribution in [2.24, 2.45) is 0 Å². The molecule has 1 atom stereocenters. The Morgan fingerprint density at radius 3 is 2.69 bits per heavy atom. The molecule has 4 nitrogen and oxygen atoms in total. The summed E-state index contributed by atoms with van der Waals surface area (Å²) in [6, 6.07) is 1.88. The van der Waals surface area contributed by atoms with Crippen LogP contribution in [0.3, 0.4) is 0 Å². The van der Waals surface area contributed by atoms with Crippen molar-refractivity contribution in [3.8, 4) is 0 Å². The molecule has 0 aromatic carbocycles. The normalized spacial score (nSPS) is 13.4. The van der Waals surface area contributed by atoms with Gasteiger partial charge >= 0.3 is 0 Å². The van der Waals surface area contributed by atoms with Crippen molar-refractivity contribution >= 4 is 43.0 Å². The summed E-state index contributed by atoms with van der Waals surface area (Å²) in [5.74, 6) is -0.470. The average molecular weight is 326 g/mol. The summed E-state index contributed by atoms with van der Waals surface area (Å²) in [4.78, 5) is 12.5. The van der Waals surface area contributed by atoms with Crippen LogP contribution in [-0.4, -0.2) is 25.8 Å². The van der Waals surface area contributed by atoms with Crippen LogP contribution >= 0.6 is 27.3 Å². The van der Waals surface area contributed by atoms with Crippen LogP contribution in [0.25, 0.3) is 0 Å². The Labute approximate surface area is 107 Å². The fraction of sp³-hybridized carbons (Fsp3) is 0.444. The van der Waals surface area contributed by atoms with Crippen LogP contribution in [0.4, 0.5) is 0 Å². The molecule has 1 heterocycles. The molecule has 0 fully saturated rings. The van der Waals surface area contributed by atoms with Crippen molar-refractivity contribution < 1.29 is 13.2 Å². The van der Waals surface area contributed by atoms with Gasteiger partial charge in [-0.25, -0.2) is 8.42 Å². The van der Waals surface area contributed by atoms with Gasteiger partial charge in [-0.2, -0.15) is 0 Å². The molecule has 0 aliphatic heterocycles. The summed E-state index contributed by atoms with van der Waals surface area (Å²) in [6.07, 6.45) is 1.05. The maximum absolute atomic E-state index is 11.5. The molecule has 1 aromatic heterocycles. The van der Waals surface area contributed by atoms with Crippen molar-refractivity contribution in [1.29, 1.82) is 0 Å². The Balaban J connectivity index is 2.58. The highest BCUT2D eigenvalue weighted by atomic mass is 79.9. The summed E-state index contributed by atoms with van der Waals surface area (Å²) in [5.41, 5.74) is 0. The standard InChI is InChI=1S/C9H12BrNO3S2/c1-6(16(2,13)14)9(12)11-5-8-7(10)3-4-15-8/h3-4,6H,5H2,1-2H3,(H,11,12). The molecule has 16 heavy (non-hydrogen) atoms. The second-order valence-corrected chi connectivity index (χ2v) is 7.60. The first-order valence-electron chi connectivity index (χ1n) is 4.51. The van der Waals surface area contributed by atoms with E-state index in [0.717, 1.165) is 15.6 Å². The van der Waals surface area contributed by atoms with Crippen LogP contribution in [0, 0.1) is 0 Å². The van der Waals surface area contributed by atoms with Gasteiger partial charge < -0.3 is 5.32 Å². The van der Waals surface area contributed by atoms with Crippen molar-refractivity contribution in [3.63, 3.8) is 0 Å². The first-order chi connectivity index (χ1) is 7.32. The summed E-state index contributed by atoms with van der Waals surface area (Å²) < 4.78 is 23.2. The number of halogens is 1. The van der Waals surface area contributed by atoms with Crippen LogP contribution in [0.1, 0.15) is 11.8 Å². The molecule has 0 radical (unpaired) electrons. The third kappa shape index (κ3) is 3.57. The largest absolute Gasteiger partial charge is 0.350 e. The number of hydrogen-bond donors (Lipinski definition) is 1. The van der Waals surface area contributed by atoms with E-state index in [-0.39, 0.29) is 0 Å². The van der Waals surface area contributed by atoms with Gasteiger partial charge in [-0.15, -0.1) is 11.3 Å². The molecule has 0 spiro atoms. The van der Waals surface area contributed by atoms with E-state index in [4.69, 9.17) is 0 Å². The lowest BCUT2D eigenvalue weighted by atomic mass is 10.4. The number of carbonyl (C=O) groups is 1. The van der Waals surface area contributed by atoms with Crippen molar-refractivity contribution in [2.45, 2.75) is 18.7 Å². The molecular formula is C9H12BrNO3S2. The van der Waals surface area contributed by atoms with Gasteiger partial charge in [0.15, 0.2) is 9.84 Å². The van der Waals surface area contributed by atoms with Gasteiger partial charge in [0.1, 0.15) is 5.25 Å².